The van der Waals surface area contributed by atoms with Crippen molar-refractivity contribution in [3.8, 4) is 0 Å². The molecule has 2 heterocycles. The van der Waals surface area contributed by atoms with Gasteiger partial charge in [0.1, 0.15) is 0 Å². The summed E-state index contributed by atoms with van der Waals surface area (Å²) in [5.41, 5.74) is 2.21. The van der Waals surface area contributed by atoms with Crippen LogP contribution in [0, 0.1) is 0 Å². The molecule has 0 amide bonds. The highest BCUT2D eigenvalue weighted by molar-refractivity contribution is 14.0. The van der Waals surface area contributed by atoms with Gasteiger partial charge in [-0.1, -0.05) is 18.2 Å². The van der Waals surface area contributed by atoms with Gasteiger partial charge in [-0.2, -0.15) is 0 Å². The summed E-state index contributed by atoms with van der Waals surface area (Å²) in [6, 6.07) is 10.2. The predicted octanol–water partition coefficient (Wildman–Crippen LogP) is 2.24. The van der Waals surface area contributed by atoms with Crippen LogP contribution < -0.4 is 10.6 Å². The lowest BCUT2D eigenvalue weighted by Crippen LogP contribution is -2.44. The van der Waals surface area contributed by atoms with Crippen LogP contribution in [-0.2, 0) is 11.3 Å². The Kier molecular flexibility index (Phi) is 9.07. The van der Waals surface area contributed by atoms with Crippen molar-refractivity contribution in [1.29, 1.82) is 0 Å². The van der Waals surface area contributed by atoms with Crippen LogP contribution in [0.3, 0.4) is 0 Å². The van der Waals surface area contributed by atoms with Gasteiger partial charge in [-0.15, -0.1) is 24.0 Å². The molecule has 142 valence electrons. The standard InChI is InChI=1S/C19H27N5O.HI/c1-2-20-19(22-9-10-24-11-13-25-14-12-24)23-15-16-7-8-21-18-6-4-3-5-17(16)18;/h3-8H,2,9-15H2,1H3,(H2,20,22,23);1H. The monoisotopic (exact) mass is 469 g/mol. The van der Waals surface area contributed by atoms with Crippen molar-refractivity contribution in [2.45, 2.75) is 13.5 Å². The first-order valence-corrected chi connectivity index (χ1v) is 9.01. The fourth-order valence-electron chi connectivity index (χ4n) is 2.96. The van der Waals surface area contributed by atoms with Crippen molar-refractivity contribution < 1.29 is 4.74 Å². The number of guanidine groups is 1. The molecule has 1 aliphatic rings. The molecule has 1 aromatic heterocycles. The smallest absolute Gasteiger partial charge is 0.191 e. The zero-order chi connectivity index (χ0) is 17.3. The molecule has 3 rings (SSSR count). The molecular formula is C19H28IN5O. The molecule has 0 radical (unpaired) electrons. The van der Waals surface area contributed by atoms with Gasteiger partial charge in [0.05, 0.1) is 25.3 Å². The van der Waals surface area contributed by atoms with E-state index >= 15 is 0 Å². The van der Waals surface area contributed by atoms with Crippen molar-refractivity contribution in [2.24, 2.45) is 4.99 Å². The van der Waals surface area contributed by atoms with Crippen molar-refractivity contribution in [1.82, 2.24) is 20.5 Å². The third-order valence-corrected chi connectivity index (χ3v) is 4.32. The third-order valence-electron chi connectivity index (χ3n) is 4.32. The van der Waals surface area contributed by atoms with Crippen LogP contribution >= 0.6 is 24.0 Å². The zero-order valence-corrected chi connectivity index (χ0v) is 17.6. The van der Waals surface area contributed by atoms with Crippen molar-refractivity contribution in [3.63, 3.8) is 0 Å². The van der Waals surface area contributed by atoms with E-state index in [4.69, 9.17) is 9.73 Å². The van der Waals surface area contributed by atoms with Gasteiger partial charge in [-0.25, -0.2) is 4.99 Å². The molecule has 2 aromatic rings. The third kappa shape index (κ3) is 6.07. The maximum Gasteiger partial charge on any atom is 0.191 e. The Bertz CT molecular complexity index is 698. The van der Waals surface area contributed by atoms with Gasteiger partial charge in [0.2, 0.25) is 0 Å². The first kappa shape index (κ1) is 20.9. The van der Waals surface area contributed by atoms with Gasteiger partial charge in [0, 0.05) is 44.3 Å². The van der Waals surface area contributed by atoms with E-state index in [1.165, 1.54) is 5.56 Å². The second kappa shape index (κ2) is 11.3. The highest BCUT2D eigenvalue weighted by atomic mass is 127. The van der Waals surface area contributed by atoms with Crippen molar-refractivity contribution >= 4 is 40.8 Å². The number of hydrogen-bond donors (Lipinski definition) is 2. The van der Waals surface area contributed by atoms with Crippen LogP contribution in [0.25, 0.3) is 10.9 Å². The van der Waals surface area contributed by atoms with Gasteiger partial charge in [-0.3, -0.25) is 9.88 Å². The maximum atomic E-state index is 5.39. The van der Waals surface area contributed by atoms with E-state index in [9.17, 15) is 0 Å². The molecule has 0 saturated carbocycles. The summed E-state index contributed by atoms with van der Waals surface area (Å²) < 4.78 is 5.39. The lowest BCUT2D eigenvalue weighted by molar-refractivity contribution is 0.0389. The fraction of sp³-hybridized carbons (Fsp3) is 0.474. The quantitative estimate of drug-likeness (QED) is 0.386. The highest BCUT2D eigenvalue weighted by Crippen LogP contribution is 2.16. The van der Waals surface area contributed by atoms with Crippen LogP contribution in [0.15, 0.2) is 41.5 Å². The molecule has 0 spiro atoms. The average Bonchev–Trinajstić information content (AvgIpc) is 2.67. The van der Waals surface area contributed by atoms with Gasteiger partial charge in [0.25, 0.3) is 0 Å². The molecule has 1 aliphatic heterocycles. The van der Waals surface area contributed by atoms with E-state index in [1.54, 1.807) is 0 Å². The number of aliphatic imine (C=N–C) groups is 1. The zero-order valence-electron chi connectivity index (χ0n) is 15.3. The molecule has 0 aliphatic carbocycles. The van der Waals surface area contributed by atoms with E-state index in [1.807, 2.05) is 30.5 Å². The Morgan fingerprint density at radius 1 is 1.19 bits per heavy atom. The van der Waals surface area contributed by atoms with Crippen LogP contribution in [0.4, 0.5) is 0 Å². The summed E-state index contributed by atoms with van der Waals surface area (Å²) in [6.07, 6.45) is 1.85. The summed E-state index contributed by atoms with van der Waals surface area (Å²) in [4.78, 5) is 11.6. The number of hydrogen-bond acceptors (Lipinski definition) is 4. The molecule has 0 atom stereocenters. The molecule has 6 nitrogen and oxygen atoms in total. The summed E-state index contributed by atoms with van der Waals surface area (Å²) in [7, 11) is 0. The summed E-state index contributed by atoms with van der Waals surface area (Å²) >= 11 is 0. The summed E-state index contributed by atoms with van der Waals surface area (Å²) in [5.74, 6) is 0.858. The van der Waals surface area contributed by atoms with E-state index in [-0.39, 0.29) is 24.0 Å². The minimum Gasteiger partial charge on any atom is -0.379 e. The van der Waals surface area contributed by atoms with Crippen molar-refractivity contribution in [2.75, 3.05) is 45.9 Å². The summed E-state index contributed by atoms with van der Waals surface area (Å²) in [6.45, 7) is 9.15. The average molecular weight is 469 g/mol. The Morgan fingerprint density at radius 2 is 2.00 bits per heavy atom. The molecule has 1 aromatic carbocycles. The van der Waals surface area contributed by atoms with E-state index in [0.717, 1.165) is 62.8 Å². The van der Waals surface area contributed by atoms with Gasteiger partial charge in [0.15, 0.2) is 5.96 Å². The van der Waals surface area contributed by atoms with Crippen LogP contribution in [-0.4, -0.2) is 61.8 Å². The Labute approximate surface area is 172 Å². The molecular weight excluding hydrogens is 441 g/mol. The Balaban J connectivity index is 0.00000243. The number of rotatable bonds is 6. The number of nitrogens with one attached hydrogen (secondary N) is 2. The predicted molar refractivity (Wildman–Crippen MR) is 117 cm³/mol. The van der Waals surface area contributed by atoms with Crippen molar-refractivity contribution in [3.05, 3.63) is 42.1 Å². The molecule has 26 heavy (non-hydrogen) atoms. The van der Waals surface area contributed by atoms with Crippen LogP contribution in [0.1, 0.15) is 12.5 Å². The number of benzene rings is 1. The number of ether oxygens (including phenoxy) is 1. The molecule has 2 N–H and O–H groups in total. The van der Waals surface area contributed by atoms with Gasteiger partial charge < -0.3 is 15.4 Å². The van der Waals surface area contributed by atoms with E-state index < -0.39 is 0 Å². The lowest BCUT2D eigenvalue weighted by Gasteiger charge is -2.26. The van der Waals surface area contributed by atoms with E-state index in [0.29, 0.717) is 6.54 Å². The molecule has 0 unspecified atom stereocenters. The number of aromatic nitrogens is 1. The van der Waals surface area contributed by atoms with Gasteiger partial charge in [-0.05, 0) is 24.6 Å². The second-order valence-corrected chi connectivity index (χ2v) is 6.06. The van der Waals surface area contributed by atoms with E-state index in [2.05, 4.69) is 33.5 Å². The van der Waals surface area contributed by atoms with Crippen LogP contribution in [0.2, 0.25) is 0 Å². The highest BCUT2D eigenvalue weighted by Gasteiger charge is 2.09. The molecule has 0 bridgehead atoms. The molecule has 1 fully saturated rings. The number of fused-ring (bicyclic) bond motifs is 1. The largest absolute Gasteiger partial charge is 0.379 e. The summed E-state index contributed by atoms with van der Waals surface area (Å²) in [5, 5.41) is 7.91. The lowest BCUT2D eigenvalue weighted by atomic mass is 10.1. The molecule has 7 heteroatoms. The Hall–Kier alpha value is -1.45. The number of halogens is 1. The second-order valence-electron chi connectivity index (χ2n) is 6.06. The fourth-order valence-corrected chi connectivity index (χ4v) is 2.96. The number of nitrogens with zero attached hydrogens (tertiary/aromatic N) is 3. The SMILES string of the molecule is CCNC(=NCc1ccnc2ccccc12)NCCN1CCOCC1.I. The number of morpholine rings is 1. The van der Waals surface area contributed by atoms with Gasteiger partial charge >= 0.3 is 0 Å². The normalized spacial score (nSPS) is 15.5. The topological polar surface area (TPSA) is 61.8 Å². The first-order valence-electron chi connectivity index (χ1n) is 9.01. The molecule has 1 saturated heterocycles. The van der Waals surface area contributed by atoms with Crippen LogP contribution in [0.5, 0.6) is 0 Å². The minimum absolute atomic E-state index is 0. The Morgan fingerprint density at radius 3 is 2.81 bits per heavy atom. The maximum absolute atomic E-state index is 5.39. The minimum atomic E-state index is 0. The number of pyridine rings is 1. The first-order chi connectivity index (χ1) is 12.4. The number of para-hydroxylation sites is 1.